The van der Waals surface area contributed by atoms with E-state index in [0.29, 0.717) is 21.6 Å². The molecule has 7 heteroatoms. The summed E-state index contributed by atoms with van der Waals surface area (Å²) in [5.74, 6) is -0.182. The fourth-order valence-corrected chi connectivity index (χ4v) is 3.62. The maximum Gasteiger partial charge on any atom is 0.240 e. The minimum Gasteiger partial charge on any atom is -0.348 e. The second kappa shape index (κ2) is 7.63. The number of nitrogens with one attached hydrogen (secondary N) is 1. The van der Waals surface area contributed by atoms with Gasteiger partial charge in [-0.05, 0) is 50.1 Å². The van der Waals surface area contributed by atoms with E-state index in [-0.39, 0.29) is 18.5 Å². The van der Waals surface area contributed by atoms with Crippen molar-refractivity contribution in [2.45, 2.75) is 38.9 Å². The third-order valence-corrected chi connectivity index (χ3v) is 4.95. The van der Waals surface area contributed by atoms with Crippen LogP contribution in [0.3, 0.4) is 0 Å². The summed E-state index contributed by atoms with van der Waals surface area (Å²) in [4.78, 5) is 16.8. The van der Waals surface area contributed by atoms with Gasteiger partial charge in [-0.1, -0.05) is 29.8 Å². The number of nitriles is 1. The first-order valence-corrected chi connectivity index (χ1v) is 9.30. The van der Waals surface area contributed by atoms with Gasteiger partial charge in [0.1, 0.15) is 12.6 Å². The van der Waals surface area contributed by atoms with E-state index in [9.17, 15) is 10.1 Å². The minimum atomic E-state index is -0.539. The van der Waals surface area contributed by atoms with Crippen molar-refractivity contribution in [3.63, 3.8) is 0 Å². The summed E-state index contributed by atoms with van der Waals surface area (Å²) >= 11 is 6.37. The van der Waals surface area contributed by atoms with Crippen LogP contribution in [0, 0.1) is 11.3 Å². The highest BCUT2D eigenvalue weighted by Crippen LogP contribution is 2.28. The topological polar surface area (TPSA) is 96.7 Å². The third-order valence-electron chi connectivity index (χ3n) is 4.64. The van der Waals surface area contributed by atoms with Crippen molar-refractivity contribution in [2.75, 3.05) is 0 Å². The summed E-state index contributed by atoms with van der Waals surface area (Å²) in [7, 11) is 0. The summed E-state index contributed by atoms with van der Waals surface area (Å²) in [5, 5.41) is 12.8. The standard InChI is InChI=1S/C21H22ClN5O/c1-13(14-7-8-16(17(22)9-14)21(2,3)24)26-19(28)11-27-12-25-18-6-4-5-15(10-23)20(18)27/h4-9,12-13H,11,24H2,1-3H3,(H,26,28). The van der Waals surface area contributed by atoms with Crippen molar-refractivity contribution in [3.8, 4) is 6.07 Å². The lowest BCUT2D eigenvalue weighted by atomic mass is 9.93. The highest BCUT2D eigenvalue weighted by molar-refractivity contribution is 6.31. The minimum absolute atomic E-state index is 0.0706. The van der Waals surface area contributed by atoms with Crippen LogP contribution < -0.4 is 11.1 Å². The zero-order valence-corrected chi connectivity index (χ0v) is 16.8. The normalized spacial score (nSPS) is 12.6. The Kier molecular flexibility index (Phi) is 5.41. The number of fused-ring (bicyclic) bond motifs is 1. The van der Waals surface area contributed by atoms with E-state index in [4.69, 9.17) is 17.3 Å². The van der Waals surface area contributed by atoms with E-state index in [1.807, 2.05) is 45.0 Å². The Balaban J connectivity index is 1.75. The Hall–Kier alpha value is -2.88. The molecule has 1 unspecified atom stereocenters. The van der Waals surface area contributed by atoms with Gasteiger partial charge in [0.15, 0.2) is 0 Å². The van der Waals surface area contributed by atoms with Gasteiger partial charge in [0.05, 0.1) is 29.0 Å². The molecule has 0 saturated heterocycles. The van der Waals surface area contributed by atoms with Crippen molar-refractivity contribution in [3.05, 3.63) is 64.4 Å². The quantitative estimate of drug-likeness (QED) is 0.689. The summed E-state index contributed by atoms with van der Waals surface area (Å²) in [6.07, 6.45) is 1.57. The number of nitrogens with zero attached hydrogens (tertiary/aromatic N) is 3. The van der Waals surface area contributed by atoms with E-state index in [0.717, 1.165) is 11.1 Å². The van der Waals surface area contributed by atoms with E-state index >= 15 is 0 Å². The van der Waals surface area contributed by atoms with Gasteiger partial charge in [0, 0.05) is 10.6 Å². The van der Waals surface area contributed by atoms with Crippen molar-refractivity contribution < 1.29 is 4.79 Å². The average molecular weight is 396 g/mol. The molecule has 0 bridgehead atoms. The van der Waals surface area contributed by atoms with Gasteiger partial charge < -0.3 is 15.6 Å². The molecule has 0 saturated carbocycles. The number of nitrogens with two attached hydrogens (primary N) is 1. The molecule has 0 fully saturated rings. The Morgan fingerprint density at radius 1 is 1.39 bits per heavy atom. The molecule has 0 aliphatic heterocycles. The number of carbonyl (C=O) groups is 1. The van der Waals surface area contributed by atoms with Crippen LogP contribution in [0.25, 0.3) is 11.0 Å². The maximum absolute atomic E-state index is 12.6. The Labute approximate surface area is 168 Å². The number of rotatable bonds is 5. The SMILES string of the molecule is CC(NC(=O)Cn1cnc2cccc(C#N)c21)c1ccc(C(C)(C)N)c(Cl)c1. The zero-order valence-electron chi connectivity index (χ0n) is 16.0. The average Bonchev–Trinajstić information content (AvgIpc) is 3.03. The fraction of sp³-hybridized carbons (Fsp3) is 0.286. The highest BCUT2D eigenvalue weighted by atomic mass is 35.5. The van der Waals surface area contributed by atoms with Gasteiger partial charge >= 0.3 is 0 Å². The van der Waals surface area contributed by atoms with Crippen molar-refractivity contribution in [1.82, 2.24) is 14.9 Å². The van der Waals surface area contributed by atoms with Gasteiger partial charge in [0.25, 0.3) is 0 Å². The lowest BCUT2D eigenvalue weighted by molar-refractivity contribution is -0.122. The molecule has 1 atom stereocenters. The molecule has 28 heavy (non-hydrogen) atoms. The first kappa shape index (κ1) is 19.9. The zero-order chi connectivity index (χ0) is 20.5. The molecule has 0 aliphatic rings. The molecule has 0 radical (unpaired) electrons. The van der Waals surface area contributed by atoms with Crippen LogP contribution in [0.2, 0.25) is 5.02 Å². The highest BCUT2D eigenvalue weighted by Gasteiger charge is 2.19. The molecule has 3 N–H and O–H groups in total. The molecule has 1 amide bonds. The van der Waals surface area contributed by atoms with Gasteiger partial charge in [-0.25, -0.2) is 4.98 Å². The van der Waals surface area contributed by atoms with Crippen LogP contribution in [0.4, 0.5) is 0 Å². The van der Waals surface area contributed by atoms with E-state index in [1.165, 1.54) is 0 Å². The molecule has 3 rings (SSSR count). The first-order chi connectivity index (χ1) is 13.2. The Bertz CT molecular complexity index is 1070. The van der Waals surface area contributed by atoms with Crippen molar-refractivity contribution in [1.29, 1.82) is 5.26 Å². The molecule has 2 aromatic carbocycles. The van der Waals surface area contributed by atoms with Gasteiger partial charge in [-0.15, -0.1) is 0 Å². The summed E-state index contributed by atoms with van der Waals surface area (Å²) in [5.41, 5.74) is 9.16. The summed E-state index contributed by atoms with van der Waals surface area (Å²) < 4.78 is 1.68. The molecular weight excluding hydrogens is 374 g/mol. The number of hydrogen-bond donors (Lipinski definition) is 2. The molecule has 3 aromatic rings. The summed E-state index contributed by atoms with van der Waals surface area (Å²) in [6.45, 7) is 5.75. The number of hydrogen-bond acceptors (Lipinski definition) is 4. The van der Waals surface area contributed by atoms with Crippen molar-refractivity contribution in [2.24, 2.45) is 5.73 Å². The second-order valence-corrected chi connectivity index (χ2v) is 7.81. The van der Waals surface area contributed by atoms with Crippen LogP contribution in [0.15, 0.2) is 42.7 Å². The number of halogens is 1. The Morgan fingerprint density at radius 3 is 2.79 bits per heavy atom. The molecule has 144 valence electrons. The number of aromatic nitrogens is 2. The number of imidazole rings is 1. The molecule has 6 nitrogen and oxygen atoms in total. The molecule has 0 spiro atoms. The molecule has 0 aliphatic carbocycles. The number of amides is 1. The van der Waals surface area contributed by atoms with Crippen LogP contribution >= 0.6 is 11.6 Å². The fourth-order valence-electron chi connectivity index (χ4n) is 3.19. The second-order valence-electron chi connectivity index (χ2n) is 7.41. The Morgan fingerprint density at radius 2 is 2.14 bits per heavy atom. The van der Waals surface area contributed by atoms with Crippen LogP contribution in [0.1, 0.15) is 43.5 Å². The largest absolute Gasteiger partial charge is 0.348 e. The van der Waals surface area contributed by atoms with Crippen molar-refractivity contribution >= 4 is 28.5 Å². The third kappa shape index (κ3) is 4.01. The van der Waals surface area contributed by atoms with E-state index < -0.39 is 5.54 Å². The number of para-hydroxylation sites is 1. The number of carbonyl (C=O) groups excluding carboxylic acids is 1. The smallest absolute Gasteiger partial charge is 0.240 e. The maximum atomic E-state index is 12.6. The van der Waals surface area contributed by atoms with Crippen LogP contribution in [-0.2, 0) is 16.9 Å². The first-order valence-electron chi connectivity index (χ1n) is 8.93. The van der Waals surface area contributed by atoms with Gasteiger partial charge in [0.2, 0.25) is 5.91 Å². The van der Waals surface area contributed by atoms with Crippen LogP contribution in [-0.4, -0.2) is 15.5 Å². The molecular formula is C21H22ClN5O. The van der Waals surface area contributed by atoms with E-state index in [1.54, 1.807) is 23.0 Å². The molecule has 1 heterocycles. The lowest BCUT2D eigenvalue weighted by Gasteiger charge is -2.22. The molecule has 1 aromatic heterocycles. The monoisotopic (exact) mass is 395 g/mol. The predicted molar refractivity (Wildman–Crippen MR) is 110 cm³/mol. The lowest BCUT2D eigenvalue weighted by Crippen LogP contribution is -2.31. The van der Waals surface area contributed by atoms with Gasteiger partial charge in [-0.2, -0.15) is 5.26 Å². The van der Waals surface area contributed by atoms with Gasteiger partial charge in [-0.3, -0.25) is 4.79 Å². The van der Waals surface area contributed by atoms with E-state index in [2.05, 4.69) is 16.4 Å². The predicted octanol–water partition coefficient (Wildman–Crippen LogP) is 3.63. The number of benzene rings is 2. The summed E-state index contributed by atoms with van der Waals surface area (Å²) in [6, 6.07) is 12.9. The van der Waals surface area contributed by atoms with Crippen LogP contribution in [0.5, 0.6) is 0 Å².